The predicted octanol–water partition coefficient (Wildman–Crippen LogP) is 5.67. The number of hydrogen-bond donors (Lipinski definition) is 1. The first-order chi connectivity index (χ1) is 8.74. The third-order valence-corrected chi connectivity index (χ3v) is 5.24. The summed E-state index contributed by atoms with van der Waals surface area (Å²) in [5.74, 6) is 0. The number of hydrogen-bond acceptors (Lipinski definition) is 2. The Labute approximate surface area is 121 Å². The number of thiophene rings is 1. The maximum absolute atomic E-state index is 10.3. The van der Waals surface area contributed by atoms with Crippen molar-refractivity contribution in [1.82, 2.24) is 0 Å². The van der Waals surface area contributed by atoms with Crippen molar-refractivity contribution in [3.05, 3.63) is 33.6 Å². The molecule has 1 aromatic heterocycles. The fourth-order valence-electron chi connectivity index (χ4n) is 2.22. The Kier molecular flexibility index (Phi) is 5.22. The van der Waals surface area contributed by atoms with E-state index in [-0.39, 0.29) is 6.10 Å². The molecule has 3 heteroatoms. The number of unbranched alkanes of at least 4 members (excludes halogenated alkanes) is 3. The van der Waals surface area contributed by atoms with Crippen LogP contribution in [0, 0.1) is 0 Å². The van der Waals surface area contributed by atoms with Crippen LogP contribution in [0.1, 0.15) is 50.7 Å². The largest absolute Gasteiger partial charge is 0.388 e. The summed E-state index contributed by atoms with van der Waals surface area (Å²) in [7, 11) is 0. The lowest BCUT2D eigenvalue weighted by atomic mass is 10.0. The van der Waals surface area contributed by atoms with Crippen LogP contribution in [-0.2, 0) is 0 Å². The molecule has 1 heterocycles. The highest BCUT2D eigenvalue weighted by Gasteiger charge is 2.13. The van der Waals surface area contributed by atoms with Crippen molar-refractivity contribution in [2.24, 2.45) is 0 Å². The zero-order chi connectivity index (χ0) is 13.0. The minimum Gasteiger partial charge on any atom is -0.388 e. The van der Waals surface area contributed by atoms with Crippen molar-refractivity contribution in [3.8, 4) is 0 Å². The molecule has 0 amide bonds. The molecule has 2 aromatic rings. The number of aliphatic hydroxyl groups is 1. The summed E-state index contributed by atoms with van der Waals surface area (Å²) in [4.78, 5) is 0. The van der Waals surface area contributed by atoms with Gasteiger partial charge in [-0.25, -0.2) is 0 Å². The first-order valence-electron chi connectivity index (χ1n) is 6.57. The van der Waals surface area contributed by atoms with Crippen LogP contribution in [0.2, 0.25) is 0 Å². The molecule has 0 fully saturated rings. The van der Waals surface area contributed by atoms with E-state index in [0.29, 0.717) is 0 Å². The van der Waals surface area contributed by atoms with Crippen molar-refractivity contribution in [3.63, 3.8) is 0 Å². The van der Waals surface area contributed by atoms with Crippen LogP contribution in [0.3, 0.4) is 0 Å². The highest BCUT2D eigenvalue weighted by Crippen LogP contribution is 2.36. The molecule has 1 aromatic carbocycles. The van der Waals surface area contributed by atoms with E-state index < -0.39 is 0 Å². The molecule has 1 unspecified atom stereocenters. The Hall–Kier alpha value is -0.380. The number of aliphatic hydroxyl groups excluding tert-OH is 1. The average molecular weight is 327 g/mol. The van der Waals surface area contributed by atoms with E-state index in [1.54, 1.807) is 11.3 Å². The molecule has 0 saturated heterocycles. The molecular weight excluding hydrogens is 308 g/mol. The molecule has 0 aliphatic rings. The van der Waals surface area contributed by atoms with Crippen LogP contribution < -0.4 is 0 Å². The molecular formula is C15H19BrOS. The quantitative estimate of drug-likeness (QED) is 0.678. The zero-order valence-electron chi connectivity index (χ0n) is 10.7. The highest BCUT2D eigenvalue weighted by molar-refractivity contribution is 9.10. The number of fused-ring (bicyclic) bond motifs is 1. The van der Waals surface area contributed by atoms with E-state index in [0.717, 1.165) is 22.9 Å². The van der Waals surface area contributed by atoms with Gasteiger partial charge in [0.25, 0.3) is 0 Å². The molecule has 2 rings (SSSR count). The second kappa shape index (κ2) is 6.69. The normalized spacial score (nSPS) is 13.1. The van der Waals surface area contributed by atoms with Crippen LogP contribution >= 0.6 is 27.3 Å². The van der Waals surface area contributed by atoms with Gasteiger partial charge >= 0.3 is 0 Å². The van der Waals surface area contributed by atoms with Gasteiger partial charge in [-0.2, -0.15) is 0 Å². The predicted molar refractivity (Wildman–Crippen MR) is 83.2 cm³/mol. The fraction of sp³-hybridized carbons (Fsp3) is 0.467. The zero-order valence-corrected chi connectivity index (χ0v) is 13.1. The summed E-state index contributed by atoms with van der Waals surface area (Å²) in [6, 6.07) is 6.18. The molecule has 1 atom stereocenters. The lowest BCUT2D eigenvalue weighted by Gasteiger charge is -2.09. The summed E-state index contributed by atoms with van der Waals surface area (Å²) in [5, 5.41) is 13.6. The van der Waals surface area contributed by atoms with E-state index in [1.165, 1.54) is 29.3 Å². The first kappa shape index (κ1) is 14.0. The molecule has 0 radical (unpaired) electrons. The molecule has 0 saturated carbocycles. The van der Waals surface area contributed by atoms with Gasteiger partial charge in [-0.15, -0.1) is 11.3 Å². The Bertz CT molecular complexity index is 506. The van der Waals surface area contributed by atoms with Gasteiger partial charge in [0, 0.05) is 9.17 Å². The lowest BCUT2D eigenvalue weighted by molar-refractivity contribution is 0.165. The van der Waals surface area contributed by atoms with Gasteiger partial charge in [0.2, 0.25) is 0 Å². The smallest absolute Gasteiger partial charge is 0.0804 e. The molecule has 98 valence electrons. The van der Waals surface area contributed by atoms with Gasteiger partial charge in [-0.05, 0) is 44.7 Å². The van der Waals surface area contributed by atoms with Crippen LogP contribution in [0.25, 0.3) is 10.1 Å². The van der Waals surface area contributed by atoms with Crippen molar-refractivity contribution in [2.75, 3.05) is 0 Å². The second-order valence-corrected chi connectivity index (χ2v) is 6.41. The topological polar surface area (TPSA) is 20.2 Å². The minimum atomic E-state index is -0.315. The molecule has 0 aliphatic heterocycles. The standard InChI is InChI=1S/C15H19BrOS/c1-2-3-4-5-9-14(17)12-10-18-15-11(12)7-6-8-13(15)16/h6-8,10,14,17H,2-5,9H2,1H3. The SMILES string of the molecule is CCCCCCC(O)c1csc2c(Br)cccc12. The van der Waals surface area contributed by atoms with Crippen LogP contribution in [-0.4, -0.2) is 5.11 Å². The van der Waals surface area contributed by atoms with Gasteiger partial charge in [-0.3, -0.25) is 0 Å². The van der Waals surface area contributed by atoms with Crippen LogP contribution in [0.4, 0.5) is 0 Å². The van der Waals surface area contributed by atoms with Crippen molar-refractivity contribution >= 4 is 37.4 Å². The molecule has 1 N–H and O–H groups in total. The van der Waals surface area contributed by atoms with Crippen molar-refractivity contribution < 1.29 is 5.11 Å². The minimum absolute atomic E-state index is 0.315. The Morgan fingerprint density at radius 1 is 1.28 bits per heavy atom. The van der Waals surface area contributed by atoms with E-state index in [1.807, 2.05) is 6.07 Å². The molecule has 0 bridgehead atoms. The summed E-state index contributed by atoms with van der Waals surface area (Å²) < 4.78 is 2.36. The second-order valence-electron chi connectivity index (χ2n) is 4.67. The fourth-order valence-corrected chi connectivity index (χ4v) is 3.89. The van der Waals surface area contributed by atoms with Crippen molar-refractivity contribution in [2.45, 2.75) is 45.1 Å². The molecule has 0 spiro atoms. The van der Waals surface area contributed by atoms with Crippen LogP contribution in [0.15, 0.2) is 28.1 Å². The average Bonchev–Trinajstić information content (AvgIpc) is 2.80. The summed E-state index contributed by atoms with van der Waals surface area (Å²) in [5.41, 5.74) is 1.09. The molecule has 18 heavy (non-hydrogen) atoms. The van der Waals surface area contributed by atoms with Gasteiger partial charge in [0.1, 0.15) is 0 Å². The summed E-state index contributed by atoms with van der Waals surface area (Å²) >= 11 is 5.27. The van der Waals surface area contributed by atoms with Gasteiger partial charge in [0.05, 0.1) is 6.10 Å². The van der Waals surface area contributed by atoms with E-state index >= 15 is 0 Å². The van der Waals surface area contributed by atoms with E-state index in [2.05, 4.69) is 40.4 Å². The number of rotatable bonds is 6. The summed E-state index contributed by atoms with van der Waals surface area (Å²) in [6.07, 6.45) is 5.40. The summed E-state index contributed by atoms with van der Waals surface area (Å²) in [6.45, 7) is 2.21. The highest BCUT2D eigenvalue weighted by atomic mass is 79.9. The monoisotopic (exact) mass is 326 g/mol. The van der Waals surface area contributed by atoms with Crippen LogP contribution in [0.5, 0.6) is 0 Å². The van der Waals surface area contributed by atoms with E-state index in [4.69, 9.17) is 0 Å². The molecule has 0 aliphatic carbocycles. The first-order valence-corrected chi connectivity index (χ1v) is 8.25. The third kappa shape index (κ3) is 3.14. The Morgan fingerprint density at radius 2 is 2.11 bits per heavy atom. The lowest BCUT2D eigenvalue weighted by Crippen LogP contribution is -1.96. The maximum atomic E-state index is 10.3. The molecule has 1 nitrogen and oxygen atoms in total. The Morgan fingerprint density at radius 3 is 2.89 bits per heavy atom. The van der Waals surface area contributed by atoms with Gasteiger partial charge in [-0.1, -0.05) is 44.7 Å². The third-order valence-electron chi connectivity index (χ3n) is 3.27. The Balaban J connectivity index is 2.08. The van der Waals surface area contributed by atoms with Gasteiger partial charge < -0.3 is 5.11 Å². The number of halogens is 1. The number of benzene rings is 1. The van der Waals surface area contributed by atoms with Gasteiger partial charge in [0.15, 0.2) is 0 Å². The van der Waals surface area contributed by atoms with E-state index in [9.17, 15) is 5.11 Å². The van der Waals surface area contributed by atoms with Crippen molar-refractivity contribution in [1.29, 1.82) is 0 Å². The maximum Gasteiger partial charge on any atom is 0.0804 e.